The number of likely N-dealkylation sites (N-methyl/N-ethyl adjacent to an activating group) is 1. The molecule has 0 saturated heterocycles. The molecule has 1 aliphatic heterocycles. The summed E-state index contributed by atoms with van der Waals surface area (Å²) < 4.78 is 10.5. The third kappa shape index (κ3) is 3.17. The molecule has 0 spiro atoms. The summed E-state index contributed by atoms with van der Waals surface area (Å²) in [5.41, 5.74) is 0.728. The maximum absolute atomic E-state index is 12.1. The zero-order valence-electron chi connectivity index (χ0n) is 11.6. The molecule has 2 rings (SSSR count). The molecule has 5 nitrogen and oxygen atoms in total. The van der Waals surface area contributed by atoms with E-state index in [9.17, 15) is 4.79 Å². The normalized spacial score (nSPS) is 14.5. The lowest BCUT2D eigenvalue weighted by molar-refractivity contribution is -0.120. The lowest BCUT2D eigenvalue weighted by Crippen LogP contribution is -2.39. The summed E-state index contributed by atoms with van der Waals surface area (Å²) in [5, 5.41) is 2.89. The molecule has 1 aromatic rings. The minimum atomic E-state index is -0.162. The summed E-state index contributed by atoms with van der Waals surface area (Å²) in [6.45, 7) is 5.13. The van der Waals surface area contributed by atoms with E-state index in [1.807, 2.05) is 24.9 Å². The summed E-state index contributed by atoms with van der Waals surface area (Å²) in [6.07, 6.45) is 1.03. The Labute approximate surface area is 113 Å². The monoisotopic (exact) mass is 264 g/mol. The van der Waals surface area contributed by atoms with Gasteiger partial charge in [-0.05, 0) is 39.1 Å². The second kappa shape index (κ2) is 5.93. The number of carbonyl (C=O) groups excluding carboxylic acids is 1. The number of carbonyl (C=O) groups is 1. The van der Waals surface area contributed by atoms with Crippen molar-refractivity contribution in [2.24, 2.45) is 0 Å². The number of nitrogens with one attached hydrogen (secondary N) is 1. The van der Waals surface area contributed by atoms with E-state index >= 15 is 0 Å². The van der Waals surface area contributed by atoms with Crippen LogP contribution in [0.15, 0.2) is 18.2 Å². The quantitative estimate of drug-likeness (QED) is 0.884. The largest absolute Gasteiger partial charge is 0.454 e. The molecule has 1 unspecified atom stereocenters. The van der Waals surface area contributed by atoms with Gasteiger partial charge in [0.15, 0.2) is 11.5 Å². The van der Waals surface area contributed by atoms with E-state index in [-0.39, 0.29) is 18.7 Å². The molecule has 1 heterocycles. The van der Waals surface area contributed by atoms with Crippen LogP contribution in [0.3, 0.4) is 0 Å². The average Bonchev–Trinajstić information content (AvgIpc) is 2.85. The summed E-state index contributed by atoms with van der Waals surface area (Å²) in [4.78, 5) is 14.1. The van der Waals surface area contributed by atoms with Crippen LogP contribution in [0.4, 0.5) is 5.69 Å². The molecule has 0 aromatic heterocycles. The first-order valence-corrected chi connectivity index (χ1v) is 6.52. The van der Waals surface area contributed by atoms with Gasteiger partial charge in [0.2, 0.25) is 12.7 Å². The molecule has 0 saturated carbocycles. The molecule has 1 amide bonds. The maximum atomic E-state index is 12.1. The van der Waals surface area contributed by atoms with Crippen LogP contribution in [0.2, 0.25) is 0 Å². The van der Waals surface area contributed by atoms with Gasteiger partial charge >= 0.3 is 0 Å². The fourth-order valence-electron chi connectivity index (χ4n) is 1.97. The first-order valence-electron chi connectivity index (χ1n) is 6.52. The molecular formula is C14H20N2O3. The van der Waals surface area contributed by atoms with E-state index in [0.717, 1.165) is 18.7 Å². The van der Waals surface area contributed by atoms with Crippen LogP contribution >= 0.6 is 0 Å². The number of ether oxygens (including phenoxy) is 2. The van der Waals surface area contributed by atoms with Crippen molar-refractivity contribution in [3.63, 3.8) is 0 Å². The number of rotatable bonds is 5. The summed E-state index contributed by atoms with van der Waals surface area (Å²) in [6, 6.07) is 5.24. The minimum Gasteiger partial charge on any atom is -0.454 e. The predicted octanol–water partition coefficient (Wildman–Crippen LogP) is 2.08. The average molecular weight is 264 g/mol. The fourth-order valence-corrected chi connectivity index (χ4v) is 1.97. The van der Waals surface area contributed by atoms with Gasteiger partial charge < -0.3 is 14.8 Å². The molecule has 1 atom stereocenters. The van der Waals surface area contributed by atoms with Crippen molar-refractivity contribution in [1.29, 1.82) is 0 Å². The number of fused-ring (bicyclic) bond motifs is 1. The number of nitrogens with zero attached hydrogens (tertiary/aromatic N) is 1. The van der Waals surface area contributed by atoms with Crippen molar-refractivity contribution < 1.29 is 14.3 Å². The summed E-state index contributed by atoms with van der Waals surface area (Å²) in [5.74, 6) is 1.37. The Hall–Kier alpha value is -1.75. The van der Waals surface area contributed by atoms with Crippen LogP contribution in [0.25, 0.3) is 0 Å². The minimum absolute atomic E-state index is 0.0187. The number of benzene rings is 1. The first-order chi connectivity index (χ1) is 9.11. The summed E-state index contributed by atoms with van der Waals surface area (Å²) >= 11 is 0. The van der Waals surface area contributed by atoms with Gasteiger partial charge in [-0.1, -0.05) is 6.92 Å². The van der Waals surface area contributed by atoms with Gasteiger partial charge in [-0.25, -0.2) is 0 Å². The maximum Gasteiger partial charge on any atom is 0.241 e. The number of anilines is 1. The number of hydrogen-bond donors (Lipinski definition) is 1. The highest BCUT2D eigenvalue weighted by atomic mass is 16.7. The van der Waals surface area contributed by atoms with E-state index in [2.05, 4.69) is 12.2 Å². The molecule has 0 radical (unpaired) electrons. The molecule has 0 aliphatic carbocycles. The Balaban J connectivity index is 1.99. The van der Waals surface area contributed by atoms with Crippen LogP contribution in [-0.4, -0.2) is 37.2 Å². The van der Waals surface area contributed by atoms with Crippen molar-refractivity contribution >= 4 is 11.6 Å². The second-order valence-corrected chi connectivity index (χ2v) is 4.71. The van der Waals surface area contributed by atoms with Crippen LogP contribution in [-0.2, 0) is 4.79 Å². The Morgan fingerprint density at radius 3 is 2.89 bits per heavy atom. The topological polar surface area (TPSA) is 50.8 Å². The zero-order chi connectivity index (χ0) is 13.8. The van der Waals surface area contributed by atoms with Crippen LogP contribution in [0.1, 0.15) is 20.3 Å². The van der Waals surface area contributed by atoms with Crippen molar-refractivity contribution in [2.45, 2.75) is 26.3 Å². The van der Waals surface area contributed by atoms with Gasteiger partial charge in [0.05, 0.1) is 6.04 Å². The first kappa shape index (κ1) is 13.7. The Bertz CT molecular complexity index is 462. The van der Waals surface area contributed by atoms with E-state index in [1.54, 1.807) is 12.1 Å². The van der Waals surface area contributed by atoms with Crippen molar-refractivity contribution in [1.82, 2.24) is 4.90 Å². The fraction of sp³-hybridized carbons (Fsp3) is 0.500. The van der Waals surface area contributed by atoms with Crippen molar-refractivity contribution in [3.05, 3.63) is 18.2 Å². The Morgan fingerprint density at radius 1 is 1.42 bits per heavy atom. The standard InChI is InChI=1S/C14H20N2O3/c1-4-7-16(3)10(2)14(17)15-11-5-6-12-13(8-11)19-9-18-12/h5-6,8,10H,4,7,9H2,1-3H3,(H,15,17). The van der Waals surface area contributed by atoms with Gasteiger partial charge in [0.1, 0.15) is 0 Å². The second-order valence-electron chi connectivity index (χ2n) is 4.71. The van der Waals surface area contributed by atoms with Gasteiger partial charge in [0.25, 0.3) is 0 Å². The molecule has 1 N–H and O–H groups in total. The van der Waals surface area contributed by atoms with Gasteiger partial charge in [0, 0.05) is 11.8 Å². The zero-order valence-corrected chi connectivity index (χ0v) is 11.6. The smallest absolute Gasteiger partial charge is 0.241 e. The third-order valence-electron chi connectivity index (χ3n) is 3.26. The predicted molar refractivity (Wildman–Crippen MR) is 73.6 cm³/mol. The van der Waals surface area contributed by atoms with Crippen molar-refractivity contribution in [2.75, 3.05) is 25.7 Å². The number of hydrogen-bond acceptors (Lipinski definition) is 4. The molecule has 0 fully saturated rings. The molecule has 1 aromatic carbocycles. The van der Waals surface area contributed by atoms with Crippen molar-refractivity contribution in [3.8, 4) is 11.5 Å². The van der Waals surface area contributed by atoms with Gasteiger partial charge in [-0.15, -0.1) is 0 Å². The highest BCUT2D eigenvalue weighted by Gasteiger charge is 2.19. The van der Waals surface area contributed by atoms with Gasteiger partial charge in [-0.2, -0.15) is 0 Å². The van der Waals surface area contributed by atoms with Crippen LogP contribution in [0.5, 0.6) is 11.5 Å². The van der Waals surface area contributed by atoms with E-state index in [4.69, 9.17) is 9.47 Å². The van der Waals surface area contributed by atoms with Crippen LogP contribution < -0.4 is 14.8 Å². The molecule has 1 aliphatic rings. The van der Waals surface area contributed by atoms with Crippen LogP contribution in [0, 0.1) is 0 Å². The SMILES string of the molecule is CCCN(C)C(C)C(=O)Nc1ccc2c(c1)OCO2. The summed E-state index contributed by atoms with van der Waals surface area (Å²) in [7, 11) is 1.95. The Kier molecular flexibility index (Phi) is 4.27. The lowest BCUT2D eigenvalue weighted by atomic mass is 10.2. The molecule has 0 bridgehead atoms. The Morgan fingerprint density at radius 2 is 2.16 bits per heavy atom. The number of amides is 1. The molecule has 104 valence electrons. The van der Waals surface area contributed by atoms with Gasteiger partial charge in [-0.3, -0.25) is 9.69 Å². The van der Waals surface area contributed by atoms with E-state index in [1.165, 1.54) is 0 Å². The third-order valence-corrected chi connectivity index (χ3v) is 3.26. The van der Waals surface area contributed by atoms with E-state index in [0.29, 0.717) is 11.5 Å². The highest BCUT2D eigenvalue weighted by molar-refractivity contribution is 5.94. The lowest BCUT2D eigenvalue weighted by Gasteiger charge is -2.23. The molecule has 5 heteroatoms. The molecular weight excluding hydrogens is 244 g/mol. The highest BCUT2D eigenvalue weighted by Crippen LogP contribution is 2.34. The molecule has 19 heavy (non-hydrogen) atoms. The van der Waals surface area contributed by atoms with E-state index < -0.39 is 0 Å².